The molecule has 1 N–H and O–H groups in total. The van der Waals surface area contributed by atoms with Crippen LogP contribution >= 0.6 is 0 Å². The van der Waals surface area contributed by atoms with Crippen LogP contribution in [-0.4, -0.2) is 18.6 Å². The molecule has 3 aromatic rings. The van der Waals surface area contributed by atoms with Crippen molar-refractivity contribution in [3.8, 4) is 22.6 Å². The number of hydrogen-bond acceptors (Lipinski definition) is 4. The normalized spacial score (nSPS) is 14.8. The van der Waals surface area contributed by atoms with E-state index in [4.69, 9.17) is 9.47 Å². The Bertz CT molecular complexity index is 1090. The smallest absolute Gasteiger partial charge is 0.259 e. The Morgan fingerprint density at radius 1 is 0.920 bits per heavy atom. The molecule has 0 aromatic heterocycles. The van der Waals surface area contributed by atoms with Crippen molar-refractivity contribution in [1.29, 1.82) is 0 Å². The summed E-state index contributed by atoms with van der Waals surface area (Å²) < 4.78 is 24.4. The second-order valence-electron chi connectivity index (χ2n) is 5.86. The quantitative estimate of drug-likeness (QED) is 0.693. The maximum atomic E-state index is 13.4. The van der Waals surface area contributed by atoms with Gasteiger partial charge in [-0.05, 0) is 35.2 Å². The third-order valence-corrected chi connectivity index (χ3v) is 4.47. The van der Waals surface area contributed by atoms with Gasteiger partial charge in [0.1, 0.15) is 5.82 Å². The third-order valence-electron chi connectivity index (χ3n) is 4.47. The lowest BCUT2D eigenvalue weighted by atomic mass is 9.90. The van der Waals surface area contributed by atoms with E-state index in [0.717, 1.165) is 5.39 Å². The highest BCUT2D eigenvalue weighted by Gasteiger charge is 2.33. The predicted molar refractivity (Wildman–Crippen MR) is 87.3 cm³/mol. The van der Waals surface area contributed by atoms with E-state index in [1.807, 2.05) is 6.07 Å². The van der Waals surface area contributed by atoms with Crippen LogP contribution in [0, 0.1) is 5.82 Å². The minimum atomic E-state index is -0.474. The number of imide groups is 1. The van der Waals surface area contributed by atoms with E-state index in [1.54, 1.807) is 24.3 Å². The Balaban J connectivity index is 1.97. The van der Waals surface area contributed by atoms with Crippen molar-refractivity contribution < 1.29 is 23.5 Å². The number of hydrogen-bond donors (Lipinski definition) is 1. The minimum Gasteiger partial charge on any atom is -0.454 e. The van der Waals surface area contributed by atoms with Crippen molar-refractivity contribution >= 4 is 22.6 Å². The topological polar surface area (TPSA) is 64.6 Å². The van der Waals surface area contributed by atoms with Crippen LogP contribution in [0.1, 0.15) is 20.7 Å². The zero-order valence-corrected chi connectivity index (χ0v) is 12.8. The molecule has 6 heteroatoms. The summed E-state index contributed by atoms with van der Waals surface area (Å²) in [5, 5.41) is 3.74. The molecule has 2 aliphatic heterocycles. The molecular weight excluding hydrogens is 325 g/mol. The number of rotatable bonds is 1. The van der Waals surface area contributed by atoms with Gasteiger partial charge in [-0.2, -0.15) is 0 Å². The number of carbonyl (C=O) groups excluding carboxylic acids is 2. The fourth-order valence-electron chi connectivity index (χ4n) is 3.41. The Labute approximate surface area is 141 Å². The zero-order valence-electron chi connectivity index (χ0n) is 12.8. The average molecular weight is 335 g/mol. The maximum absolute atomic E-state index is 13.4. The Kier molecular flexibility index (Phi) is 2.68. The van der Waals surface area contributed by atoms with Crippen LogP contribution in [0.25, 0.3) is 21.9 Å². The van der Waals surface area contributed by atoms with E-state index in [2.05, 4.69) is 5.32 Å². The van der Waals surface area contributed by atoms with Crippen molar-refractivity contribution in [2.75, 3.05) is 6.79 Å². The molecule has 25 heavy (non-hydrogen) atoms. The molecule has 0 bridgehead atoms. The summed E-state index contributed by atoms with van der Waals surface area (Å²) in [7, 11) is 0. The molecule has 122 valence electrons. The summed E-state index contributed by atoms with van der Waals surface area (Å²) in [5.41, 5.74) is 1.74. The van der Waals surface area contributed by atoms with Gasteiger partial charge in [0.2, 0.25) is 6.79 Å². The molecule has 0 unspecified atom stereocenters. The molecule has 0 atom stereocenters. The Morgan fingerprint density at radius 2 is 1.72 bits per heavy atom. The van der Waals surface area contributed by atoms with Gasteiger partial charge < -0.3 is 9.47 Å². The molecule has 5 nitrogen and oxygen atoms in total. The van der Waals surface area contributed by atoms with E-state index in [-0.39, 0.29) is 18.2 Å². The first-order valence-corrected chi connectivity index (χ1v) is 7.64. The highest BCUT2D eigenvalue weighted by atomic mass is 19.1. The first-order chi connectivity index (χ1) is 12.1. The second-order valence-corrected chi connectivity index (χ2v) is 5.86. The SMILES string of the molecule is O=C1NC(=O)c2c1cc1ccc3c(c1c2-c1ccc(F)cc1)OCO3. The number of nitrogens with one attached hydrogen (secondary N) is 1. The Hall–Kier alpha value is -3.41. The molecule has 2 aliphatic rings. The van der Waals surface area contributed by atoms with Gasteiger partial charge in [-0.1, -0.05) is 18.2 Å². The van der Waals surface area contributed by atoms with E-state index in [9.17, 15) is 14.0 Å². The van der Waals surface area contributed by atoms with E-state index in [0.29, 0.717) is 33.6 Å². The van der Waals surface area contributed by atoms with Crippen molar-refractivity contribution in [3.05, 3.63) is 59.4 Å². The maximum Gasteiger partial charge on any atom is 0.259 e. The van der Waals surface area contributed by atoms with Gasteiger partial charge in [0.15, 0.2) is 11.5 Å². The van der Waals surface area contributed by atoms with Gasteiger partial charge in [-0.3, -0.25) is 14.9 Å². The predicted octanol–water partition coefficient (Wildman–Crippen LogP) is 3.26. The molecule has 3 aromatic carbocycles. The highest BCUT2D eigenvalue weighted by Crippen LogP contribution is 2.46. The van der Waals surface area contributed by atoms with Crippen LogP contribution in [0.4, 0.5) is 4.39 Å². The molecule has 0 saturated carbocycles. The van der Waals surface area contributed by atoms with Crippen LogP contribution in [0.2, 0.25) is 0 Å². The Morgan fingerprint density at radius 3 is 2.52 bits per heavy atom. The van der Waals surface area contributed by atoms with E-state index >= 15 is 0 Å². The number of benzene rings is 3. The van der Waals surface area contributed by atoms with Crippen LogP contribution < -0.4 is 14.8 Å². The fourth-order valence-corrected chi connectivity index (χ4v) is 3.41. The number of fused-ring (bicyclic) bond motifs is 4. The van der Waals surface area contributed by atoms with Crippen molar-refractivity contribution in [2.24, 2.45) is 0 Å². The van der Waals surface area contributed by atoms with Crippen molar-refractivity contribution in [2.45, 2.75) is 0 Å². The lowest BCUT2D eigenvalue weighted by molar-refractivity contribution is 0.0880. The van der Waals surface area contributed by atoms with Gasteiger partial charge >= 0.3 is 0 Å². The molecule has 0 radical (unpaired) electrons. The number of halogens is 1. The zero-order chi connectivity index (χ0) is 17.1. The molecule has 2 heterocycles. The standard InChI is InChI=1S/C19H10FNO4/c20-11-4-1-9(2-5-11)14-15-10(3-6-13-17(15)25-8-24-13)7-12-16(14)19(23)21-18(12)22/h1-7H,8H2,(H,21,22,23). The summed E-state index contributed by atoms with van der Waals surface area (Å²) in [6, 6.07) is 11.0. The van der Waals surface area contributed by atoms with Gasteiger partial charge in [-0.25, -0.2) is 4.39 Å². The highest BCUT2D eigenvalue weighted by molar-refractivity contribution is 6.28. The summed E-state index contributed by atoms with van der Waals surface area (Å²) >= 11 is 0. The number of ether oxygens (including phenoxy) is 2. The number of amides is 2. The summed E-state index contributed by atoms with van der Waals surface area (Å²) in [6.07, 6.45) is 0. The second kappa shape index (κ2) is 4.80. The third kappa shape index (κ3) is 1.88. The van der Waals surface area contributed by atoms with Crippen molar-refractivity contribution in [1.82, 2.24) is 5.32 Å². The van der Waals surface area contributed by atoms with E-state index < -0.39 is 11.8 Å². The summed E-state index contributed by atoms with van der Waals surface area (Å²) in [4.78, 5) is 24.5. The van der Waals surface area contributed by atoms with E-state index in [1.165, 1.54) is 12.1 Å². The van der Waals surface area contributed by atoms with Gasteiger partial charge in [0.25, 0.3) is 11.8 Å². The largest absolute Gasteiger partial charge is 0.454 e. The first kappa shape index (κ1) is 14.0. The van der Waals surface area contributed by atoms with Gasteiger partial charge in [-0.15, -0.1) is 0 Å². The monoisotopic (exact) mass is 335 g/mol. The van der Waals surface area contributed by atoms with Gasteiger partial charge in [0, 0.05) is 10.9 Å². The van der Waals surface area contributed by atoms with Crippen LogP contribution in [0.3, 0.4) is 0 Å². The lowest BCUT2D eigenvalue weighted by Crippen LogP contribution is -2.20. The van der Waals surface area contributed by atoms with Crippen LogP contribution in [0.5, 0.6) is 11.5 Å². The lowest BCUT2D eigenvalue weighted by Gasteiger charge is -2.13. The van der Waals surface area contributed by atoms with Gasteiger partial charge in [0.05, 0.1) is 11.1 Å². The molecule has 5 rings (SSSR count). The fraction of sp³-hybridized carbons (Fsp3) is 0.0526. The minimum absolute atomic E-state index is 0.0829. The molecule has 0 fully saturated rings. The first-order valence-electron chi connectivity index (χ1n) is 7.64. The summed E-state index contributed by atoms with van der Waals surface area (Å²) in [6.45, 7) is 0.0829. The molecular formula is C19H10FNO4. The molecule has 0 spiro atoms. The average Bonchev–Trinajstić information content (AvgIpc) is 3.19. The number of carbonyl (C=O) groups is 2. The molecule has 0 aliphatic carbocycles. The summed E-state index contributed by atoms with van der Waals surface area (Å²) in [5.74, 6) is -0.209. The molecule has 0 saturated heterocycles. The molecule has 2 amide bonds. The van der Waals surface area contributed by atoms with Crippen LogP contribution in [-0.2, 0) is 0 Å². The van der Waals surface area contributed by atoms with Crippen LogP contribution in [0.15, 0.2) is 42.5 Å². The van der Waals surface area contributed by atoms with Crippen molar-refractivity contribution in [3.63, 3.8) is 0 Å².